The van der Waals surface area contributed by atoms with Crippen molar-refractivity contribution in [2.24, 2.45) is 5.92 Å². The molecule has 2 amide bonds. The van der Waals surface area contributed by atoms with Gasteiger partial charge in [0, 0.05) is 23.8 Å². The van der Waals surface area contributed by atoms with Crippen molar-refractivity contribution < 1.29 is 14.5 Å². The minimum absolute atomic E-state index is 0.0904. The molecule has 0 bridgehead atoms. The average molecular weight is 382 g/mol. The Morgan fingerprint density at radius 2 is 1.92 bits per heavy atom. The van der Waals surface area contributed by atoms with Gasteiger partial charge in [-0.3, -0.25) is 9.59 Å². The minimum atomic E-state index is -0.153. The number of carbonyl (C=O) groups excluding carboxylic acids is 2. The van der Waals surface area contributed by atoms with E-state index in [0.717, 1.165) is 49.2 Å². The van der Waals surface area contributed by atoms with Crippen LogP contribution in [0, 0.1) is 19.8 Å². The van der Waals surface area contributed by atoms with Gasteiger partial charge in [0.05, 0.1) is 32.9 Å². The zero-order valence-corrected chi connectivity index (χ0v) is 17.4. The third-order valence-electron chi connectivity index (χ3n) is 4.98. The van der Waals surface area contributed by atoms with E-state index in [1.807, 2.05) is 13.8 Å². The highest BCUT2D eigenvalue weighted by molar-refractivity contribution is 7.15. The smallest absolute Gasteiger partial charge is 0.245 e. The highest BCUT2D eigenvalue weighted by Gasteiger charge is 2.27. The van der Waals surface area contributed by atoms with Gasteiger partial charge in [-0.15, -0.1) is 11.3 Å². The van der Waals surface area contributed by atoms with Crippen LogP contribution in [0.25, 0.3) is 0 Å². The first-order valence-corrected chi connectivity index (χ1v) is 10.5. The van der Waals surface area contributed by atoms with Crippen LogP contribution in [0.4, 0.5) is 5.13 Å². The number of amides is 2. The van der Waals surface area contributed by atoms with Gasteiger partial charge in [-0.25, -0.2) is 4.98 Å². The van der Waals surface area contributed by atoms with Crippen molar-refractivity contribution in [2.75, 3.05) is 39.0 Å². The number of anilines is 1. The topological polar surface area (TPSA) is 66.7 Å². The van der Waals surface area contributed by atoms with Gasteiger partial charge in [0.15, 0.2) is 5.13 Å². The molecule has 0 radical (unpaired) electrons. The molecular weight excluding hydrogens is 348 g/mol. The number of nitrogens with zero attached hydrogens (tertiary/aromatic N) is 2. The molecule has 0 aliphatic heterocycles. The molecule has 1 aromatic rings. The fourth-order valence-electron chi connectivity index (χ4n) is 3.36. The second-order valence-corrected chi connectivity index (χ2v) is 8.82. The fourth-order valence-corrected chi connectivity index (χ4v) is 4.19. The standard InChI is InChI=1S/C19H32N4O2S/c1-14-15(2)26-19(20-14)21-17(24)13-23(12-8-11-22(3)4)18(25)16-9-6-5-7-10-16/h16H,5-13H2,1-4H3,(H,20,21,24)/p+1. The maximum atomic E-state index is 12.9. The fraction of sp³-hybridized carbons (Fsp3) is 0.737. The maximum Gasteiger partial charge on any atom is 0.245 e. The summed E-state index contributed by atoms with van der Waals surface area (Å²) < 4.78 is 0. The largest absolute Gasteiger partial charge is 0.340 e. The van der Waals surface area contributed by atoms with Crippen molar-refractivity contribution in [1.29, 1.82) is 0 Å². The Kier molecular flexibility index (Phi) is 8.03. The monoisotopic (exact) mass is 381 g/mol. The lowest BCUT2D eigenvalue weighted by atomic mass is 9.88. The van der Waals surface area contributed by atoms with Gasteiger partial charge in [-0.1, -0.05) is 19.3 Å². The number of rotatable bonds is 8. The third kappa shape index (κ3) is 6.36. The van der Waals surface area contributed by atoms with Crippen LogP contribution in [0.2, 0.25) is 0 Å². The minimum Gasteiger partial charge on any atom is -0.340 e. The predicted octanol–water partition coefficient (Wildman–Crippen LogP) is 1.64. The molecule has 1 aliphatic rings. The van der Waals surface area contributed by atoms with Crippen LogP contribution in [0.3, 0.4) is 0 Å². The summed E-state index contributed by atoms with van der Waals surface area (Å²) in [6, 6.07) is 0. The zero-order chi connectivity index (χ0) is 19.1. The lowest BCUT2D eigenvalue weighted by molar-refractivity contribution is -0.858. The molecule has 2 N–H and O–H groups in total. The molecule has 0 atom stereocenters. The average Bonchev–Trinajstić information content (AvgIpc) is 2.91. The van der Waals surface area contributed by atoms with Gasteiger partial charge in [0.1, 0.15) is 0 Å². The molecule has 1 aromatic heterocycles. The molecule has 146 valence electrons. The summed E-state index contributed by atoms with van der Waals surface area (Å²) in [5.41, 5.74) is 0.939. The number of quaternary nitrogens is 1. The van der Waals surface area contributed by atoms with Crippen molar-refractivity contribution in [3.63, 3.8) is 0 Å². The van der Waals surface area contributed by atoms with Crippen molar-refractivity contribution in [2.45, 2.75) is 52.4 Å². The number of hydrogen-bond acceptors (Lipinski definition) is 4. The highest BCUT2D eigenvalue weighted by atomic mass is 32.1. The van der Waals surface area contributed by atoms with Gasteiger partial charge in [-0.2, -0.15) is 0 Å². The van der Waals surface area contributed by atoms with E-state index < -0.39 is 0 Å². The number of hydrogen-bond donors (Lipinski definition) is 2. The zero-order valence-electron chi connectivity index (χ0n) is 16.6. The van der Waals surface area contributed by atoms with Gasteiger partial charge >= 0.3 is 0 Å². The molecule has 1 heterocycles. The van der Waals surface area contributed by atoms with Crippen LogP contribution in [-0.2, 0) is 9.59 Å². The summed E-state index contributed by atoms with van der Waals surface area (Å²) in [5, 5.41) is 3.48. The SMILES string of the molecule is Cc1nc(NC(=O)CN(CCC[NH+](C)C)C(=O)C2CCCCC2)sc1C. The lowest BCUT2D eigenvalue weighted by Crippen LogP contribution is -3.05. The number of carbonyl (C=O) groups is 2. The molecule has 0 spiro atoms. The molecule has 0 unspecified atom stereocenters. The van der Waals surface area contributed by atoms with E-state index in [2.05, 4.69) is 24.4 Å². The van der Waals surface area contributed by atoms with E-state index in [-0.39, 0.29) is 24.3 Å². The molecule has 0 saturated heterocycles. The van der Waals surface area contributed by atoms with Crippen LogP contribution < -0.4 is 10.2 Å². The van der Waals surface area contributed by atoms with Crippen LogP contribution in [0.5, 0.6) is 0 Å². The van der Waals surface area contributed by atoms with Crippen molar-refractivity contribution in [3.8, 4) is 0 Å². The number of nitrogens with one attached hydrogen (secondary N) is 2. The molecule has 1 saturated carbocycles. The first-order chi connectivity index (χ1) is 12.4. The Hall–Kier alpha value is -1.47. The Morgan fingerprint density at radius 1 is 1.23 bits per heavy atom. The van der Waals surface area contributed by atoms with Gasteiger partial charge in [-0.05, 0) is 26.7 Å². The Bertz CT molecular complexity index is 589. The van der Waals surface area contributed by atoms with Crippen molar-refractivity contribution in [1.82, 2.24) is 9.88 Å². The molecule has 6 nitrogen and oxygen atoms in total. The van der Waals surface area contributed by atoms with E-state index in [0.29, 0.717) is 11.7 Å². The van der Waals surface area contributed by atoms with Gasteiger partial charge in [0.2, 0.25) is 11.8 Å². The van der Waals surface area contributed by atoms with E-state index in [1.165, 1.54) is 22.7 Å². The first-order valence-electron chi connectivity index (χ1n) is 9.68. The second kappa shape index (κ2) is 10.0. The quantitative estimate of drug-likeness (QED) is 0.719. The second-order valence-electron chi connectivity index (χ2n) is 7.61. The van der Waals surface area contributed by atoms with E-state index >= 15 is 0 Å². The summed E-state index contributed by atoms with van der Waals surface area (Å²) in [4.78, 5) is 34.0. The molecule has 7 heteroatoms. The summed E-state index contributed by atoms with van der Waals surface area (Å²) >= 11 is 1.48. The number of aryl methyl sites for hydroxylation is 2. The Labute approximate surface area is 161 Å². The first kappa shape index (κ1) is 20.8. The molecule has 0 aromatic carbocycles. The predicted molar refractivity (Wildman–Crippen MR) is 106 cm³/mol. The van der Waals surface area contributed by atoms with Crippen molar-refractivity contribution >= 4 is 28.3 Å². The normalized spacial score (nSPS) is 15.3. The molecule has 1 fully saturated rings. The Morgan fingerprint density at radius 3 is 2.50 bits per heavy atom. The summed E-state index contributed by atoms with van der Waals surface area (Å²) in [7, 11) is 4.21. The van der Waals surface area contributed by atoms with E-state index in [4.69, 9.17) is 0 Å². The van der Waals surface area contributed by atoms with E-state index in [9.17, 15) is 9.59 Å². The third-order valence-corrected chi connectivity index (χ3v) is 5.97. The van der Waals surface area contributed by atoms with Crippen LogP contribution >= 0.6 is 11.3 Å². The van der Waals surface area contributed by atoms with Crippen LogP contribution in [0.15, 0.2) is 0 Å². The van der Waals surface area contributed by atoms with Crippen molar-refractivity contribution in [3.05, 3.63) is 10.6 Å². The molecule has 26 heavy (non-hydrogen) atoms. The Balaban J connectivity index is 1.96. The number of thiazole rings is 1. The molecule has 2 rings (SSSR count). The lowest BCUT2D eigenvalue weighted by Gasteiger charge is -2.29. The summed E-state index contributed by atoms with van der Waals surface area (Å²) in [6.07, 6.45) is 6.29. The molecule has 1 aliphatic carbocycles. The van der Waals surface area contributed by atoms with Gasteiger partial charge < -0.3 is 15.1 Å². The van der Waals surface area contributed by atoms with Crippen LogP contribution in [0.1, 0.15) is 49.1 Å². The van der Waals surface area contributed by atoms with E-state index in [1.54, 1.807) is 4.90 Å². The highest BCUT2D eigenvalue weighted by Crippen LogP contribution is 2.26. The number of aromatic nitrogens is 1. The maximum absolute atomic E-state index is 12.9. The summed E-state index contributed by atoms with van der Waals surface area (Å²) in [6.45, 7) is 5.68. The molecular formula is C19H33N4O2S+. The summed E-state index contributed by atoms with van der Waals surface area (Å²) in [5.74, 6) is 0.0906. The van der Waals surface area contributed by atoms with Crippen LogP contribution in [-0.4, -0.2) is 55.4 Å². The van der Waals surface area contributed by atoms with Gasteiger partial charge in [0.25, 0.3) is 0 Å².